The summed E-state index contributed by atoms with van der Waals surface area (Å²) in [6.07, 6.45) is 0. The number of nitrogens with zero attached hydrogens (tertiary/aromatic N) is 1. The third-order valence-electron chi connectivity index (χ3n) is 3.97. The van der Waals surface area contributed by atoms with E-state index in [0.29, 0.717) is 31.2 Å². The molecule has 0 spiro atoms. The van der Waals surface area contributed by atoms with E-state index in [9.17, 15) is 4.79 Å². The summed E-state index contributed by atoms with van der Waals surface area (Å²) in [6, 6.07) is 12.9. The lowest BCUT2D eigenvalue weighted by atomic mass is 10.2. The molecule has 0 aromatic heterocycles. The molecule has 7 nitrogen and oxygen atoms in total. The Bertz CT molecular complexity index is 810. The first-order chi connectivity index (χ1) is 13.6. The van der Waals surface area contributed by atoms with Crippen LogP contribution in [0, 0.1) is 0 Å². The molecule has 0 aliphatic rings. The summed E-state index contributed by atoms with van der Waals surface area (Å²) in [5.41, 5.74) is 1.60. The zero-order valence-electron chi connectivity index (χ0n) is 16.2. The van der Waals surface area contributed by atoms with E-state index in [1.54, 1.807) is 33.4 Å². The minimum Gasteiger partial charge on any atom is -0.497 e. The van der Waals surface area contributed by atoms with E-state index >= 15 is 0 Å². The second kappa shape index (κ2) is 11.2. The summed E-state index contributed by atoms with van der Waals surface area (Å²) in [7, 11) is 4.94. The standard InChI is InChI=1S/C20H25BrN4O3/c1-22-20(25-13-15-6-9-17(27-2)12-18(15)28-3)24-11-10-23-19(26)14-4-7-16(21)8-5-14/h4-9,12H,10-11,13H2,1-3H3,(H,23,26)(H2,22,24,25). The average Bonchev–Trinajstić information content (AvgIpc) is 2.73. The van der Waals surface area contributed by atoms with E-state index in [0.717, 1.165) is 21.5 Å². The topological polar surface area (TPSA) is 84.0 Å². The van der Waals surface area contributed by atoms with Crippen molar-refractivity contribution in [3.05, 3.63) is 58.1 Å². The molecule has 2 aromatic rings. The van der Waals surface area contributed by atoms with Crippen molar-refractivity contribution in [1.29, 1.82) is 0 Å². The number of aliphatic imine (C=N–C) groups is 1. The first-order valence-electron chi connectivity index (χ1n) is 8.76. The van der Waals surface area contributed by atoms with Gasteiger partial charge in [0.15, 0.2) is 5.96 Å². The number of benzene rings is 2. The Hall–Kier alpha value is -2.74. The molecule has 0 aliphatic carbocycles. The summed E-state index contributed by atoms with van der Waals surface area (Å²) < 4.78 is 11.5. The molecule has 1 amide bonds. The van der Waals surface area contributed by atoms with Crippen LogP contribution in [0.4, 0.5) is 0 Å². The van der Waals surface area contributed by atoms with Crippen molar-refractivity contribution in [1.82, 2.24) is 16.0 Å². The lowest BCUT2D eigenvalue weighted by Gasteiger charge is -2.14. The second-order valence-corrected chi connectivity index (χ2v) is 6.71. The lowest BCUT2D eigenvalue weighted by molar-refractivity contribution is 0.0954. The van der Waals surface area contributed by atoms with Gasteiger partial charge in [-0.3, -0.25) is 9.79 Å². The molecule has 0 fully saturated rings. The first kappa shape index (κ1) is 21.6. The number of ether oxygens (including phenoxy) is 2. The Balaban J connectivity index is 1.77. The third-order valence-corrected chi connectivity index (χ3v) is 4.50. The van der Waals surface area contributed by atoms with E-state index in [4.69, 9.17) is 9.47 Å². The molecule has 2 rings (SSSR count). The number of guanidine groups is 1. The van der Waals surface area contributed by atoms with E-state index in [1.165, 1.54) is 0 Å². The maximum absolute atomic E-state index is 12.1. The summed E-state index contributed by atoms with van der Waals surface area (Å²) >= 11 is 3.35. The Morgan fingerprint density at radius 3 is 2.36 bits per heavy atom. The smallest absolute Gasteiger partial charge is 0.251 e. The van der Waals surface area contributed by atoms with Crippen molar-refractivity contribution in [2.24, 2.45) is 4.99 Å². The molecule has 8 heteroatoms. The van der Waals surface area contributed by atoms with Crippen LogP contribution in [0.1, 0.15) is 15.9 Å². The minimum absolute atomic E-state index is 0.111. The zero-order chi connectivity index (χ0) is 20.4. The molecule has 0 saturated heterocycles. The zero-order valence-corrected chi connectivity index (χ0v) is 17.8. The van der Waals surface area contributed by atoms with E-state index in [2.05, 4.69) is 36.9 Å². The highest BCUT2D eigenvalue weighted by atomic mass is 79.9. The highest BCUT2D eigenvalue weighted by molar-refractivity contribution is 9.10. The van der Waals surface area contributed by atoms with Crippen molar-refractivity contribution in [3.8, 4) is 11.5 Å². The van der Waals surface area contributed by atoms with Crippen LogP contribution in [0.25, 0.3) is 0 Å². The number of methoxy groups -OCH3 is 2. The van der Waals surface area contributed by atoms with Crippen molar-refractivity contribution in [2.45, 2.75) is 6.54 Å². The van der Waals surface area contributed by atoms with Crippen molar-refractivity contribution in [2.75, 3.05) is 34.4 Å². The second-order valence-electron chi connectivity index (χ2n) is 5.79. The molecule has 0 saturated carbocycles. The molecule has 2 aromatic carbocycles. The molecular formula is C20H25BrN4O3. The predicted octanol–water partition coefficient (Wildman–Crippen LogP) is 2.56. The van der Waals surface area contributed by atoms with Gasteiger partial charge in [0.1, 0.15) is 11.5 Å². The summed E-state index contributed by atoms with van der Waals surface area (Å²) in [4.78, 5) is 16.3. The minimum atomic E-state index is -0.111. The molecule has 28 heavy (non-hydrogen) atoms. The normalized spacial score (nSPS) is 10.9. The summed E-state index contributed by atoms with van der Waals surface area (Å²) in [6.45, 7) is 1.56. The third kappa shape index (κ3) is 6.45. The van der Waals surface area contributed by atoms with Crippen molar-refractivity contribution < 1.29 is 14.3 Å². The molecule has 0 radical (unpaired) electrons. The van der Waals surface area contributed by atoms with Gasteiger partial charge in [-0.25, -0.2) is 0 Å². The molecular weight excluding hydrogens is 424 g/mol. The number of amides is 1. The van der Waals surface area contributed by atoms with Gasteiger partial charge in [-0.05, 0) is 36.4 Å². The van der Waals surface area contributed by atoms with Gasteiger partial charge >= 0.3 is 0 Å². The average molecular weight is 449 g/mol. The van der Waals surface area contributed by atoms with Gasteiger partial charge in [-0.2, -0.15) is 0 Å². The maximum atomic E-state index is 12.1. The highest BCUT2D eigenvalue weighted by Crippen LogP contribution is 2.24. The number of hydrogen-bond acceptors (Lipinski definition) is 4. The van der Waals surface area contributed by atoms with Crippen LogP contribution < -0.4 is 25.4 Å². The van der Waals surface area contributed by atoms with Gasteiger partial charge in [0.2, 0.25) is 0 Å². The predicted molar refractivity (Wildman–Crippen MR) is 114 cm³/mol. The Morgan fingerprint density at radius 2 is 1.71 bits per heavy atom. The van der Waals surface area contributed by atoms with E-state index in [1.807, 2.05) is 30.3 Å². The van der Waals surface area contributed by atoms with Crippen molar-refractivity contribution >= 4 is 27.8 Å². The number of hydrogen-bond donors (Lipinski definition) is 3. The van der Waals surface area contributed by atoms with Gasteiger partial charge in [-0.1, -0.05) is 15.9 Å². The van der Waals surface area contributed by atoms with Gasteiger partial charge in [0, 0.05) is 48.3 Å². The van der Waals surface area contributed by atoms with Crippen LogP contribution >= 0.6 is 15.9 Å². The van der Waals surface area contributed by atoms with Crippen LogP contribution in [0.15, 0.2) is 51.9 Å². The monoisotopic (exact) mass is 448 g/mol. The first-order valence-corrected chi connectivity index (χ1v) is 9.56. The molecule has 0 unspecified atom stereocenters. The molecule has 0 atom stereocenters. The molecule has 0 heterocycles. The van der Waals surface area contributed by atoms with Gasteiger partial charge in [-0.15, -0.1) is 0 Å². The Kier molecular flexibility index (Phi) is 8.61. The van der Waals surface area contributed by atoms with E-state index in [-0.39, 0.29) is 5.91 Å². The quantitative estimate of drug-likeness (QED) is 0.328. The van der Waals surface area contributed by atoms with E-state index < -0.39 is 0 Å². The maximum Gasteiger partial charge on any atom is 0.251 e. The fraction of sp³-hybridized carbons (Fsp3) is 0.300. The van der Waals surface area contributed by atoms with Crippen LogP contribution in [0.2, 0.25) is 0 Å². The van der Waals surface area contributed by atoms with Crippen LogP contribution in [0.5, 0.6) is 11.5 Å². The van der Waals surface area contributed by atoms with Crippen LogP contribution in [-0.2, 0) is 6.54 Å². The summed E-state index contributed by atoms with van der Waals surface area (Å²) in [5.74, 6) is 2.00. The van der Waals surface area contributed by atoms with Crippen LogP contribution in [0.3, 0.4) is 0 Å². The SMILES string of the molecule is CN=C(NCCNC(=O)c1ccc(Br)cc1)NCc1ccc(OC)cc1OC. The Labute approximate surface area is 173 Å². The van der Waals surface area contributed by atoms with Crippen LogP contribution in [-0.4, -0.2) is 46.2 Å². The number of carbonyl (C=O) groups is 1. The number of halogens is 1. The molecule has 0 bridgehead atoms. The Morgan fingerprint density at radius 1 is 1.00 bits per heavy atom. The molecule has 0 aliphatic heterocycles. The lowest BCUT2D eigenvalue weighted by Crippen LogP contribution is -2.41. The largest absolute Gasteiger partial charge is 0.497 e. The molecule has 150 valence electrons. The van der Waals surface area contributed by atoms with Gasteiger partial charge in [0.05, 0.1) is 14.2 Å². The summed E-state index contributed by atoms with van der Waals surface area (Å²) in [5, 5.41) is 9.26. The fourth-order valence-electron chi connectivity index (χ4n) is 2.46. The number of rotatable bonds is 8. The fourth-order valence-corrected chi connectivity index (χ4v) is 2.72. The number of carbonyl (C=O) groups excluding carboxylic acids is 1. The van der Waals surface area contributed by atoms with Gasteiger partial charge < -0.3 is 25.4 Å². The molecule has 3 N–H and O–H groups in total. The van der Waals surface area contributed by atoms with Gasteiger partial charge in [0.25, 0.3) is 5.91 Å². The van der Waals surface area contributed by atoms with Crippen molar-refractivity contribution in [3.63, 3.8) is 0 Å². The number of nitrogens with one attached hydrogen (secondary N) is 3. The highest BCUT2D eigenvalue weighted by Gasteiger charge is 2.07.